The molecule has 1 heterocycles. The number of H-pyrrole nitrogens is 1. The van der Waals surface area contributed by atoms with Crippen molar-refractivity contribution < 1.29 is 9.50 Å². The molecule has 1 aromatic heterocycles. The van der Waals surface area contributed by atoms with Crippen molar-refractivity contribution >= 4 is 5.69 Å². The fraction of sp³-hybridized carbons (Fsp3) is 0.250. The summed E-state index contributed by atoms with van der Waals surface area (Å²) < 4.78 is 13.3. The predicted octanol–water partition coefficient (Wildman–Crippen LogP) is 2.46. The molecule has 0 atom stereocenters. The normalized spacial score (nSPS) is 10.7. The van der Waals surface area contributed by atoms with Crippen molar-refractivity contribution in [3.05, 3.63) is 29.7 Å². The minimum absolute atomic E-state index is 0.0709. The summed E-state index contributed by atoms with van der Waals surface area (Å²) in [6.07, 6.45) is 1.83. The third kappa shape index (κ3) is 2.08. The van der Waals surface area contributed by atoms with E-state index >= 15 is 0 Å². The third-order valence-electron chi connectivity index (χ3n) is 2.58. The van der Waals surface area contributed by atoms with Crippen LogP contribution in [0.2, 0.25) is 0 Å². The van der Waals surface area contributed by atoms with E-state index in [1.54, 1.807) is 6.07 Å². The number of anilines is 1. The zero-order valence-electron chi connectivity index (χ0n) is 9.50. The minimum atomic E-state index is -0.558. The Morgan fingerprint density at radius 2 is 2.24 bits per heavy atom. The number of nitrogens with zero attached hydrogens (tertiary/aromatic N) is 1. The number of nitrogen functional groups attached to an aromatic ring is 1. The maximum Gasteiger partial charge on any atom is 0.147 e. The molecule has 2 aromatic rings. The van der Waals surface area contributed by atoms with Gasteiger partial charge in [-0.05, 0) is 24.6 Å². The second-order valence-corrected chi connectivity index (χ2v) is 3.88. The number of nitrogens with two attached hydrogens (primary N) is 1. The number of benzene rings is 1. The molecule has 4 nitrogen and oxygen atoms in total. The molecule has 5 heteroatoms. The predicted molar refractivity (Wildman–Crippen MR) is 64.1 cm³/mol. The van der Waals surface area contributed by atoms with E-state index < -0.39 is 5.82 Å². The lowest BCUT2D eigenvalue weighted by atomic mass is 10.1. The van der Waals surface area contributed by atoms with Crippen LogP contribution in [0.3, 0.4) is 0 Å². The molecule has 0 amide bonds. The Kier molecular flexibility index (Phi) is 2.99. The van der Waals surface area contributed by atoms with Crippen LogP contribution in [0, 0.1) is 5.82 Å². The zero-order chi connectivity index (χ0) is 12.4. The van der Waals surface area contributed by atoms with Crippen molar-refractivity contribution in [1.82, 2.24) is 10.2 Å². The van der Waals surface area contributed by atoms with Gasteiger partial charge in [0.2, 0.25) is 0 Å². The van der Waals surface area contributed by atoms with Gasteiger partial charge in [0.25, 0.3) is 0 Å². The van der Waals surface area contributed by atoms with Gasteiger partial charge in [-0.1, -0.05) is 13.3 Å². The van der Waals surface area contributed by atoms with E-state index in [0.717, 1.165) is 24.6 Å². The quantitative estimate of drug-likeness (QED) is 0.715. The summed E-state index contributed by atoms with van der Waals surface area (Å²) >= 11 is 0. The van der Waals surface area contributed by atoms with Gasteiger partial charge in [-0.15, -0.1) is 0 Å². The Morgan fingerprint density at radius 3 is 2.94 bits per heavy atom. The molecule has 0 aliphatic heterocycles. The van der Waals surface area contributed by atoms with E-state index in [2.05, 4.69) is 17.1 Å². The van der Waals surface area contributed by atoms with Crippen LogP contribution in [0.5, 0.6) is 5.75 Å². The molecule has 0 bridgehead atoms. The van der Waals surface area contributed by atoms with Gasteiger partial charge in [-0.25, -0.2) is 4.39 Å². The largest absolute Gasteiger partial charge is 0.507 e. The number of hydrogen-bond acceptors (Lipinski definition) is 3. The van der Waals surface area contributed by atoms with Crippen LogP contribution in [0.25, 0.3) is 11.3 Å². The molecule has 1 aromatic carbocycles. The van der Waals surface area contributed by atoms with Gasteiger partial charge in [-0.2, -0.15) is 5.10 Å². The highest BCUT2D eigenvalue weighted by Crippen LogP contribution is 2.35. The number of hydrogen-bond donors (Lipinski definition) is 3. The monoisotopic (exact) mass is 235 g/mol. The fourth-order valence-electron chi connectivity index (χ4n) is 1.74. The van der Waals surface area contributed by atoms with Crippen LogP contribution in [-0.2, 0) is 6.42 Å². The summed E-state index contributed by atoms with van der Waals surface area (Å²) in [5.74, 6) is -0.628. The summed E-state index contributed by atoms with van der Waals surface area (Å²) in [6, 6.07) is 4.18. The van der Waals surface area contributed by atoms with Crippen molar-refractivity contribution in [3.8, 4) is 17.0 Å². The number of aryl methyl sites for hydroxylation is 1. The summed E-state index contributed by atoms with van der Waals surface area (Å²) in [5, 5.41) is 16.6. The zero-order valence-corrected chi connectivity index (χ0v) is 9.50. The molecule has 17 heavy (non-hydrogen) atoms. The van der Waals surface area contributed by atoms with Gasteiger partial charge >= 0.3 is 0 Å². The number of aromatic amines is 1. The van der Waals surface area contributed by atoms with Gasteiger partial charge in [-0.3, -0.25) is 5.10 Å². The third-order valence-corrected chi connectivity index (χ3v) is 2.58. The first-order chi connectivity index (χ1) is 8.13. The lowest BCUT2D eigenvalue weighted by Crippen LogP contribution is -1.95. The molecule has 4 N–H and O–H groups in total. The molecular weight excluding hydrogens is 221 g/mol. The molecule has 0 saturated heterocycles. The Hall–Kier alpha value is -2.04. The van der Waals surface area contributed by atoms with Crippen LogP contribution in [0.4, 0.5) is 10.1 Å². The molecule has 0 aliphatic rings. The number of phenolic OH excluding ortho intramolecular Hbond substituents is 1. The molecule has 0 fully saturated rings. The van der Waals surface area contributed by atoms with Crippen molar-refractivity contribution in [3.63, 3.8) is 0 Å². The molecular formula is C12H14FN3O. The second-order valence-electron chi connectivity index (χ2n) is 3.88. The van der Waals surface area contributed by atoms with E-state index in [0.29, 0.717) is 5.69 Å². The van der Waals surface area contributed by atoms with Crippen molar-refractivity contribution in [2.24, 2.45) is 0 Å². The Labute approximate surface area is 98.3 Å². The average Bonchev–Trinajstić information content (AvgIpc) is 2.73. The average molecular weight is 235 g/mol. The first kappa shape index (κ1) is 11.4. The highest BCUT2D eigenvalue weighted by Gasteiger charge is 2.15. The highest BCUT2D eigenvalue weighted by atomic mass is 19.1. The molecule has 90 valence electrons. The van der Waals surface area contributed by atoms with Gasteiger partial charge in [0.05, 0.1) is 16.9 Å². The van der Waals surface area contributed by atoms with Crippen LogP contribution < -0.4 is 5.73 Å². The smallest absolute Gasteiger partial charge is 0.147 e. The Bertz CT molecular complexity index is 537. The summed E-state index contributed by atoms with van der Waals surface area (Å²) in [4.78, 5) is 0. The van der Waals surface area contributed by atoms with Crippen LogP contribution in [-0.4, -0.2) is 15.3 Å². The van der Waals surface area contributed by atoms with Crippen molar-refractivity contribution in [1.29, 1.82) is 0 Å². The van der Waals surface area contributed by atoms with E-state index in [1.165, 1.54) is 6.07 Å². The first-order valence-corrected chi connectivity index (χ1v) is 5.45. The minimum Gasteiger partial charge on any atom is -0.507 e. The van der Waals surface area contributed by atoms with Crippen molar-refractivity contribution in [2.45, 2.75) is 19.8 Å². The lowest BCUT2D eigenvalue weighted by Gasteiger charge is -2.05. The SMILES string of the molecule is CCCc1cc(-c2c(O)ccc(F)c2N)n[nH]1. The topological polar surface area (TPSA) is 74.9 Å². The molecule has 2 rings (SSSR count). The molecule has 0 spiro atoms. The van der Waals surface area contributed by atoms with E-state index in [-0.39, 0.29) is 17.0 Å². The number of nitrogens with one attached hydrogen (secondary N) is 1. The molecule has 0 radical (unpaired) electrons. The number of aromatic nitrogens is 2. The standard InChI is InChI=1S/C12H14FN3O/c1-2-3-7-6-9(16-15-7)11-10(17)5-4-8(13)12(11)14/h4-6,17H,2-3,14H2,1H3,(H,15,16). The van der Waals surface area contributed by atoms with Crippen molar-refractivity contribution in [2.75, 3.05) is 5.73 Å². The lowest BCUT2D eigenvalue weighted by molar-refractivity contribution is 0.475. The Morgan fingerprint density at radius 1 is 1.47 bits per heavy atom. The van der Waals surface area contributed by atoms with E-state index in [1.807, 2.05) is 0 Å². The van der Waals surface area contributed by atoms with Gasteiger partial charge in [0.1, 0.15) is 11.6 Å². The van der Waals surface area contributed by atoms with E-state index in [9.17, 15) is 9.50 Å². The number of aromatic hydroxyl groups is 1. The van der Waals surface area contributed by atoms with Crippen LogP contribution in [0.15, 0.2) is 18.2 Å². The fourth-order valence-corrected chi connectivity index (χ4v) is 1.74. The summed E-state index contributed by atoms with van der Waals surface area (Å²) in [5.41, 5.74) is 7.16. The summed E-state index contributed by atoms with van der Waals surface area (Å²) in [6.45, 7) is 2.05. The molecule has 0 saturated carbocycles. The van der Waals surface area contributed by atoms with Gasteiger partial charge in [0.15, 0.2) is 0 Å². The van der Waals surface area contributed by atoms with Gasteiger partial charge < -0.3 is 10.8 Å². The maximum atomic E-state index is 13.3. The Balaban J connectivity index is 2.48. The van der Waals surface area contributed by atoms with Gasteiger partial charge in [0, 0.05) is 5.69 Å². The second kappa shape index (κ2) is 4.45. The maximum absolute atomic E-state index is 13.3. The summed E-state index contributed by atoms with van der Waals surface area (Å²) in [7, 11) is 0. The van der Waals surface area contributed by atoms with E-state index in [4.69, 9.17) is 5.73 Å². The highest BCUT2D eigenvalue weighted by molar-refractivity contribution is 5.79. The molecule has 0 aliphatic carbocycles. The number of halogens is 1. The first-order valence-electron chi connectivity index (χ1n) is 5.45. The number of phenols is 1. The molecule has 0 unspecified atom stereocenters. The van der Waals surface area contributed by atoms with Crippen LogP contribution >= 0.6 is 0 Å². The van der Waals surface area contributed by atoms with Crippen LogP contribution in [0.1, 0.15) is 19.0 Å². The number of rotatable bonds is 3.